The van der Waals surface area contributed by atoms with Crippen molar-refractivity contribution in [3.8, 4) is 0 Å². The van der Waals surface area contributed by atoms with Gasteiger partial charge >= 0.3 is 0 Å². The number of aromatic nitrogens is 3. The number of nitrogens with one attached hydrogen (secondary N) is 2. The lowest BCUT2D eigenvalue weighted by atomic mass is 10.2. The van der Waals surface area contributed by atoms with E-state index in [9.17, 15) is 0 Å². The van der Waals surface area contributed by atoms with E-state index in [0.29, 0.717) is 25.0 Å². The molecule has 0 aliphatic heterocycles. The molecule has 4 N–H and O–H groups in total. The maximum atomic E-state index is 5.76. The molecule has 0 bridgehead atoms. The van der Waals surface area contributed by atoms with Gasteiger partial charge in [-0.25, -0.2) is 0 Å². The van der Waals surface area contributed by atoms with Crippen LogP contribution in [0.2, 0.25) is 0 Å². The first-order chi connectivity index (χ1) is 11.3. The van der Waals surface area contributed by atoms with Crippen LogP contribution in [0.5, 0.6) is 0 Å². The Labute approximate surface area is 134 Å². The van der Waals surface area contributed by atoms with Crippen molar-refractivity contribution < 1.29 is 0 Å². The zero-order valence-electron chi connectivity index (χ0n) is 12.6. The third kappa shape index (κ3) is 4.41. The predicted molar refractivity (Wildman–Crippen MR) is 91.8 cm³/mol. The topological polar surface area (TPSA) is 88.8 Å². The van der Waals surface area contributed by atoms with Crippen molar-refractivity contribution in [1.29, 1.82) is 0 Å². The number of hydrogen-bond donors (Lipinski definition) is 3. The molecule has 23 heavy (non-hydrogen) atoms. The Morgan fingerprint density at radius 3 is 1.52 bits per heavy atom. The van der Waals surface area contributed by atoms with Crippen molar-refractivity contribution in [1.82, 2.24) is 15.0 Å². The number of hydrogen-bond acceptors (Lipinski definition) is 6. The molecule has 0 spiro atoms. The highest BCUT2D eigenvalue weighted by Gasteiger charge is 2.04. The summed E-state index contributed by atoms with van der Waals surface area (Å²) in [4.78, 5) is 12.6. The van der Waals surface area contributed by atoms with E-state index in [1.807, 2.05) is 60.7 Å². The van der Waals surface area contributed by atoms with Gasteiger partial charge in [-0.05, 0) is 11.1 Å². The van der Waals surface area contributed by atoms with Crippen molar-refractivity contribution in [3.63, 3.8) is 0 Å². The Balaban J connectivity index is 1.64. The minimum absolute atomic E-state index is 0.186. The van der Waals surface area contributed by atoms with Crippen molar-refractivity contribution in [2.45, 2.75) is 13.1 Å². The summed E-state index contributed by atoms with van der Waals surface area (Å²) in [5, 5.41) is 6.32. The van der Waals surface area contributed by atoms with Gasteiger partial charge < -0.3 is 16.4 Å². The third-order valence-electron chi connectivity index (χ3n) is 3.24. The second kappa shape index (κ2) is 7.22. The smallest absolute Gasteiger partial charge is 0.229 e. The van der Waals surface area contributed by atoms with Crippen LogP contribution in [0.1, 0.15) is 11.1 Å². The number of rotatable bonds is 6. The Bertz CT molecular complexity index is 684. The molecule has 1 heterocycles. The van der Waals surface area contributed by atoms with Gasteiger partial charge in [0.15, 0.2) is 0 Å². The Morgan fingerprint density at radius 1 is 0.652 bits per heavy atom. The number of nitrogens with zero attached hydrogens (tertiary/aromatic N) is 3. The van der Waals surface area contributed by atoms with E-state index >= 15 is 0 Å². The maximum Gasteiger partial charge on any atom is 0.229 e. The van der Waals surface area contributed by atoms with Crippen LogP contribution in [-0.4, -0.2) is 15.0 Å². The highest BCUT2D eigenvalue weighted by molar-refractivity contribution is 5.40. The largest absolute Gasteiger partial charge is 0.368 e. The molecule has 0 saturated carbocycles. The van der Waals surface area contributed by atoms with Crippen LogP contribution in [0.15, 0.2) is 60.7 Å². The van der Waals surface area contributed by atoms with Gasteiger partial charge in [0.1, 0.15) is 0 Å². The first-order valence-corrected chi connectivity index (χ1v) is 7.37. The van der Waals surface area contributed by atoms with E-state index in [4.69, 9.17) is 5.73 Å². The average molecular weight is 306 g/mol. The average Bonchev–Trinajstić information content (AvgIpc) is 2.60. The van der Waals surface area contributed by atoms with Crippen LogP contribution in [0.25, 0.3) is 0 Å². The van der Waals surface area contributed by atoms with Crippen LogP contribution < -0.4 is 16.4 Å². The van der Waals surface area contributed by atoms with Gasteiger partial charge in [0, 0.05) is 13.1 Å². The van der Waals surface area contributed by atoms with Crippen LogP contribution in [0, 0.1) is 0 Å². The van der Waals surface area contributed by atoms with Crippen molar-refractivity contribution in [2.24, 2.45) is 0 Å². The molecule has 0 amide bonds. The molecule has 6 nitrogen and oxygen atoms in total. The van der Waals surface area contributed by atoms with Crippen molar-refractivity contribution in [3.05, 3.63) is 71.8 Å². The summed E-state index contributed by atoms with van der Waals surface area (Å²) in [5.41, 5.74) is 8.04. The zero-order chi connectivity index (χ0) is 15.9. The van der Waals surface area contributed by atoms with Crippen molar-refractivity contribution in [2.75, 3.05) is 16.4 Å². The minimum Gasteiger partial charge on any atom is -0.368 e. The fourth-order valence-corrected chi connectivity index (χ4v) is 2.10. The zero-order valence-corrected chi connectivity index (χ0v) is 12.6. The van der Waals surface area contributed by atoms with Gasteiger partial charge in [-0.1, -0.05) is 60.7 Å². The molecule has 1 aromatic heterocycles. The fourth-order valence-electron chi connectivity index (χ4n) is 2.10. The van der Waals surface area contributed by atoms with Gasteiger partial charge in [0.25, 0.3) is 0 Å². The van der Waals surface area contributed by atoms with E-state index < -0.39 is 0 Å². The lowest BCUT2D eigenvalue weighted by molar-refractivity contribution is 0.986. The summed E-state index contributed by atoms with van der Waals surface area (Å²) < 4.78 is 0. The van der Waals surface area contributed by atoms with E-state index in [1.165, 1.54) is 0 Å². The first kappa shape index (κ1) is 14.8. The molecular weight excluding hydrogens is 288 g/mol. The molecule has 0 fully saturated rings. The SMILES string of the molecule is Nc1nc(NCc2ccccc2)nc(NCc2ccccc2)n1. The number of nitrogen functional groups attached to an aromatic ring is 1. The second-order valence-corrected chi connectivity index (χ2v) is 5.02. The number of benzene rings is 2. The fraction of sp³-hybridized carbons (Fsp3) is 0.118. The summed E-state index contributed by atoms with van der Waals surface area (Å²) in [6.07, 6.45) is 0. The molecule has 0 saturated heterocycles. The summed E-state index contributed by atoms with van der Waals surface area (Å²) in [6.45, 7) is 1.25. The Morgan fingerprint density at radius 2 is 1.09 bits per heavy atom. The minimum atomic E-state index is 0.186. The second-order valence-electron chi connectivity index (χ2n) is 5.02. The van der Waals surface area contributed by atoms with Gasteiger partial charge in [0.05, 0.1) is 0 Å². The van der Waals surface area contributed by atoms with Gasteiger partial charge in [0.2, 0.25) is 17.8 Å². The lowest BCUT2D eigenvalue weighted by Crippen LogP contribution is -2.11. The molecule has 116 valence electrons. The van der Waals surface area contributed by atoms with E-state index in [1.54, 1.807) is 0 Å². The highest BCUT2D eigenvalue weighted by atomic mass is 15.2. The molecule has 3 aromatic rings. The van der Waals surface area contributed by atoms with E-state index in [-0.39, 0.29) is 5.95 Å². The monoisotopic (exact) mass is 306 g/mol. The first-order valence-electron chi connectivity index (χ1n) is 7.37. The molecule has 0 atom stereocenters. The highest BCUT2D eigenvalue weighted by Crippen LogP contribution is 2.10. The van der Waals surface area contributed by atoms with Gasteiger partial charge in [-0.3, -0.25) is 0 Å². The van der Waals surface area contributed by atoms with Crippen LogP contribution in [-0.2, 0) is 13.1 Å². The molecule has 0 radical (unpaired) electrons. The molecule has 2 aromatic carbocycles. The standard InChI is InChI=1S/C17H18N6/c18-15-21-16(19-11-13-7-3-1-4-8-13)23-17(22-15)20-12-14-9-5-2-6-10-14/h1-10H,11-12H2,(H4,18,19,20,21,22,23). The predicted octanol–water partition coefficient (Wildman–Crippen LogP) is 2.68. The van der Waals surface area contributed by atoms with E-state index in [0.717, 1.165) is 11.1 Å². The molecule has 6 heteroatoms. The summed E-state index contributed by atoms with van der Waals surface area (Å²) in [7, 11) is 0. The van der Waals surface area contributed by atoms with Gasteiger partial charge in [-0.15, -0.1) is 0 Å². The summed E-state index contributed by atoms with van der Waals surface area (Å²) >= 11 is 0. The third-order valence-corrected chi connectivity index (χ3v) is 3.24. The van der Waals surface area contributed by atoms with Crippen molar-refractivity contribution >= 4 is 17.8 Å². The Hall–Kier alpha value is -3.15. The summed E-state index contributed by atoms with van der Waals surface area (Å²) in [5.74, 6) is 1.10. The number of nitrogens with two attached hydrogens (primary N) is 1. The molecule has 0 aliphatic carbocycles. The number of anilines is 3. The lowest BCUT2D eigenvalue weighted by Gasteiger charge is -2.09. The van der Waals surface area contributed by atoms with E-state index in [2.05, 4.69) is 25.6 Å². The molecule has 3 rings (SSSR count). The van der Waals surface area contributed by atoms with Crippen LogP contribution in [0.3, 0.4) is 0 Å². The molecular formula is C17H18N6. The van der Waals surface area contributed by atoms with Gasteiger partial charge in [-0.2, -0.15) is 15.0 Å². The normalized spacial score (nSPS) is 10.3. The molecule has 0 aliphatic rings. The molecule has 0 unspecified atom stereocenters. The maximum absolute atomic E-state index is 5.76. The van der Waals surface area contributed by atoms with Crippen LogP contribution in [0.4, 0.5) is 17.8 Å². The van der Waals surface area contributed by atoms with Crippen LogP contribution >= 0.6 is 0 Å². The quantitative estimate of drug-likeness (QED) is 0.649. The summed E-state index contributed by atoms with van der Waals surface area (Å²) in [6, 6.07) is 20.1. The Kier molecular flexibility index (Phi) is 4.63.